The molecule has 0 aliphatic heterocycles. The smallest absolute Gasteiger partial charge is 0.281 e. The van der Waals surface area contributed by atoms with Gasteiger partial charge >= 0.3 is 0 Å². The van der Waals surface area contributed by atoms with Gasteiger partial charge in [-0.1, -0.05) is 41.4 Å². The van der Waals surface area contributed by atoms with Crippen LogP contribution in [0.15, 0.2) is 42.5 Å². The highest BCUT2D eigenvalue weighted by atomic mass is 35.5. The summed E-state index contributed by atoms with van der Waals surface area (Å²) in [6.45, 7) is 1.93. The first kappa shape index (κ1) is 14.2. The van der Waals surface area contributed by atoms with Gasteiger partial charge in [0.15, 0.2) is 5.78 Å². The Hall–Kier alpha value is -2.20. The summed E-state index contributed by atoms with van der Waals surface area (Å²) in [4.78, 5) is 22.6. The second-order valence-electron chi connectivity index (χ2n) is 4.51. The number of hydrogen-bond acceptors (Lipinski definition) is 3. The van der Waals surface area contributed by atoms with E-state index in [4.69, 9.17) is 11.6 Å². The average molecular weight is 290 g/mol. The summed E-state index contributed by atoms with van der Waals surface area (Å²) in [5.74, 6) is -0.293. The Morgan fingerprint density at radius 3 is 2.65 bits per heavy atom. The zero-order chi connectivity index (χ0) is 14.7. The first-order valence-electron chi connectivity index (χ1n) is 6.00. The number of Topliss-reactive ketones (excluding diaryl/α,β-unsaturated/α-hetero) is 1. The Morgan fingerprint density at radius 2 is 2.00 bits per heavy atom. The fourth-order valence-electron chi connectivity index (χ4n) is 1.99. The minimum absolute atomic E-state index is 0.0842. The largest absolute Gasteiger partial charge is 0.294 e. The van der Waals surface area contributed by atoms with Crippen molar-refractivity contribution in [3.05, 3.63) is 74.3 Å². The molecule has 0 fully saturated rings. The van der Waals surface area contributed by atoms with Crippen molar-refractivity contribution in [1.29, 1.82) is 0 Å². The molecule has 0 aromatic heterocycles. The lowest BCUT2D eigenvalue weighted by Gasteiger charge is -2.04. The lowest BCUT2D eigenvalue weighted by atomic mass is 10.0. The van der Waals surface area contributed by atoms with Gasteiger partial charge in [0.25, 0.3) is 5.69 Å². The average Bonchev–Trinajstić information content (AvgIpc) is 2.38. The molecule has 0 spiro atoms. The molecule has 102 valence electrons. The third kappa shape index (κ3) is 3.22. The molecule has 0 bridgehead atoms. The van der Waals surface area contributed by atoms with E-state index in [2.05, 4.69) is 0 Å². The quantitative estimate of drug-likeness (QED) is 0.486. The zero-order valence-corrected chi connectivity index (χ0v) is 11.6. The summed E-state index contributed by atoms with van der Waals surface area (Å²) in [7, 11) is 0. The molecule has 0 N–H and O–H groups in total. The molecule has 0 aliphatic rings. The number of hydrogen-bond donors (Lipinski definition) is 0. The second kappa shape index (κ2) is 5.84. The van der Waals surface area contributed by atoms with Crippen LogP contribution in [-0.2, 0) is 6.42 Å². The molecule has 5 heteroatoms. The van der Waals surface area contributed by atoms with Crippen molar-refractivity contribution in [2.75, 3.05) is 0 Å². The number of rotatable bonds is 4. The molecule has 0 aliphatic carbocycles. The Kier molecular flexibility index (Phi) is 4.15. The molecule has 0 amide bonds. The van der Waals surface area contributed by atoms with E-state index in [1.807, 2.05) is 31.2 Å². The van der Waals surface area contributed by atoms with E-state index in [0.717, 1.165) is 11.1 Å². The minimum Gasteiger partial charge on any atom is -0.294 e. The van der Waals surface area contributed by atoms with Gasteiger partial charge in [-0.15, -0.1) is 0 Å². The minimum atomic E-state index is -0.588. The first-order chi connectivity index (χ1) is 9.47. The van der Waals surface area contributed by atoms with Crippen LogP contribution in [0.3, 0.4) is 0 Å². The third-order valence-corrected chi connectivity index (χ3v) is 3.14. The summed E-state index contributed by atoms with van der Waals surface area (Å²) >= 11 is 5.73. The van der Waals surface area contributed by atoms with Crippen molar-refractivity contribution >= 4 is 23.1 Å². The van der Waals surface area contributed by atoms with Crippen molar-refractivity contribution in [2.24, 2.45) is 0 Å². The molecule has 2 rings (SSSR count). The topological polar surface area (TPSA) is 60.2 Å². The summed E-state index contributed by atoms with van der Waals surface area (Å²) in [5.41, 5.74) is 1.70. The molecule has 0 saturated carbocycles. The van der Waals surface area contributed by atoms with Gasteiger partial charge in [-0.05, 0) is 24.6 Å². The van der Waals surface area contributed by atoms with Crippen LogP contribution in [0.2, 0.25) is 5.02 Å². The molecule has 2 aromatic rings. The van der Waals surface area contributed by atoms with E-state index in [0.29, 0.717) is 0 Å². The molecule has 0 unspecified atom stereocenters. The van der Waals surface area contributed by atoms with E-state index >= 15 is 0 Å². The van der Waals surface area contributed by atoms with Crippen molar-refractivity contribution in [3.8, 4) is 0 Å². The van der Waals surface area contributed by atoms with Gasteiger partial charge in [0.1, 0.15) is 0 Å². The van der Waals surface area contributed by atoms with Crippen LogP contribution in [0.25, 0.3) is 0 Å². The number of nitrogens with zero attached hydrogens (tertiary/aromatic N) is 1. The zero-order valence-electron chi connectivity index (χ0n) is 10.8. The molecule has 2 aromatic carbocycles. The van der Waals surface area contributed by atoms with E-state index in [1.54, 1.807) is 0 Å². The molecule has 4 nitrogen and oxygen atoms in total. The lowest BCUT2D eigenvalue weighted by Crippen LogP contribution is -2.07. The van der Waals surface area contributed by atoms with Crippen molar-refractivity contribution < 1.29 is 9.72 Å². The van der Waals surface area contributed by atoms with Crippen LogP contribution in [0.4, 0.5) is 5.69 Å². The SMILES string of the molecule is Cc1cccc(CC(=O)c2ccc(Cl)cc2[N+](=O)[O-])c1. The standard InChI is InChI=1S/C15H12ClNO3/c1-10-3-2-4-11(7-10)8-15(18)13-6-5-12(16)9-14(13)17(19)20/h2-7,9H,8H2,1H3. The van der Waals surface area contributed by atoms with Crippen LogP contribution < -0.4 is 0 Å². The highest BCUT2D eigenvalue weighted by Crippen LogP contribution is 2.24. The number of carbonyl (C=O) groups excluding carboxylic acids is 1. The summed E-state index contributed by atoms with van der Waals surface area (Å²) < 4.78 is 0. The Morgan fingerprint density at radius 1 is 1.25 bits per heavy atom. The molecule has 0 heterocycles. The molecule has 20 heavy (non-hydrogen) atoms. The van der Waals surface area contributed by atoms with Crippen LogP contribution >= 0.6 is 11.6 Å². The Labute approximate surface area is 121 Å². The second-order valence-corrected chi connectivity index (χ2v) is 4.94. The van der Waals surface area contributed by atoms with Crippen molar-refractivity contribution in [3.63, 3.8) is 0 Å². The van der Waals surface area contributed by atoms with Gasteiger partial charge in [-0.3, -0.25) is 14.9 Å². The Bertz CT molecular complexity index is 683. The summed E-state index contributed by atoms with van der Waals surface area (Å²) in [5, 5.41) is 11.2. The molecule has 0 saturated heterocycles. The van der Waals surface area contributed by atoms with E-state index in [9.17, 15) is 14.9 Å². The molecule has 0 atom stereocenters. The van der Waals surface area contributed by atoms with E-state index in [-0.39, 0.29) is 28.5 Å². The fourth-order valence-corrected chi connectivity index (χ4v) is 2.16. The van der Waals surface area contributed by atoms with Crippen molar-refractivity contribution in [1.82, 2.24) is 0 Å². The number of carbonyl (C=O) groups is 1. The van der Waals surface area contributed by atoms with Gasteiger partial charge in [-0.25, -0.2) is 0 Å². The van der Waals surface area contributed by atoms with Crippen LogP contribution in [0, 0.1) is 17.0 Å². The van der Waals surface area contributed by atoms with E-state index < -0.39 is 4.92 Å². The monoisotopic (exact) mass is 289 g/mol. The predicted molar refractivity (Wildman–Crippen MR) is 77.3 cm³/mol. The van der Waals surface area contributed by atoms with Crippen LogP contribution in [0.1, 0.15) is 21.5 Å². The van der Waals surface area contributed by atoms with Crippen LogP contribution in [0.5, 0.6) is 0 Å². The van der Waals surface area contributed by atoms with Crippen molar-refractivity contribution in [2.45, 2.75) is 13.3 Å². The number of nitro benzene ring substituents is 1. The van der Waals surface area contributed by atoms with E-state index in [1.165, 1.54) is 18.2 Å². The van der Waals surface area contributed by atoms with Gasteiger partial charge in [-0.2, -0.15) is 0 Å². The summed E-state index contributed by atoms with van der Waals surface area (Å²) in [6.07, 6.45) is 0.129. The summed E-state index contributed by atoms with van der Waals surface area (Å²) in [6, 6.07) is 11.6. The number of nitro groups is 1. The van der Waals surface area contributed by atoms with Crippen LogP contribution in [-0.4, -0.2) is 10.7 Å². The predicted octanol–water partition coefficient (Wildman–Crippen LogP) is 3.98. The fraction of sp³-hybridized carbons (Fsp3) is 0.133. The number of halogens is 1. The van der Waals surface area contributed by atoms with Gasteiger partial charge in [0.05, 0.1) is 10.5 Å². The lowest BCUT2D eigenvalue weighted by molar-refractivity contribution is -0.385. The maximum atomic E-state index is 12.2. The molecule has 0 radical (unpaired) electrons. The number of benzene rings is 2. The number of aryl methyl sites for hydroxylation is 1. The van der Waals surface area contributed by atoms with Gasteiger partial charge in [0, 0.05) is 17.5 Å². The molecular formula is C15H12ClNO3. The van der Waals surface area contributed by atoms with Gasteiger partial charge in [0.2, 0.25) is 0 Å². The number of ketones is 1. The maximum Gasteiger partial charge on any atom is 0.281 e. The van der Waals surface area contributed by atoms with Gasteiger partial charge < -0.3 is 0 Å². The maximum absolute atomic E-state index is 12.2. The highest BCUT2D eigenvalue weighted by molar-refractivity contribution is 6.31. The third-order valence-electron chi connectivity index (χ3n) is 2.90. The first-order valence-corrected chi connectivity index (χ1v) is 6.38. The Balaban J connectivity index is 2.32. The highest BCUT2D eigenvalue weighted by Gasteiger charge is 2.20. The normalized spacial score (nSPS) is 10.3. The molecular weight excluding hydrogens is 278 g/mol.